The van der Waals surface area contributed by atoms with Crippen molar-refractivity contribution in [1.82, 2.24) is 69.4 Å². The van der Waals surface area contributed by atoms with E-state index in [1.54, 1.807) is 57.7 Å². The van der Waals surface area contributed by atoms with Crippen LogP contribution in [-0.4, -0.2) is 400 Å². The summed E-state index contributed by atoms with van der Waals surface area (Å²) in [7, 11) is 14.1. The summed E-state index contributed by atoms with van der Waals surface area (Å²) in [5.41, 5.74) is 0. The lowest BCUT2D eigenvalue weighted by Gasteiger charge is -2.28. The normalized spacial score (nSPS) is 21.5. The monoisotopic (exact) mass is 1410 g/mol. The largest absolute Gasteiger partial charge is 0.395 e. The number of methoxy groups -OCH3 is 6. The van der Waals surface area contributed by atoms with Gasteiger partial charge in [-0.1, -0.05) is 0 Å². The number of nitrogens with one attached hydrogen (secondary N) is 2. The summed E-state index contributed by atoms with van der Waals surface area (Å²) >= 11 is 0. The molecule has 0 aromatic rings. The molecule has 0 aliphatic carbocycles. The lowest BCUT2D eigenvalue weighted by atomic mass is 10.2. The number of amides is 14. The highest BCUT2D eigenvalue weighted by molar-refractivity contribution is 5.86. The number of ether oxygens (including phenoxy) is 12. The summed E-state index contributed by atoms with van der Waals surface area (Å²) < 4.78 is 60.9. The molecule has 566 valence electrons. The lowest BCUT2D eigenvalue weighted by molar-refractivity contribution is -0.124. The van der Waals surface area contributed by atoms with Gasteiger partial charge in [-0.2, -0.15) is 0 Å². The fraction of sp³-hybridized carbons (Fsp3) is 0.845. The molecule has 0 aromatic carbocycles. The minimum absolute atomic E-state index is 0.0163. The van der Waals surface area contributed by atoms with E-state index in [4.69, 9.17) is 62.0 Å². The number of hydrogen-bond acceptors (Lipinski definition) is 25. The van der Waals surface area contributed by atoms with Crippen molar-refractivity contribution in [3.8, 4) is 0 Å². The highest BCUT2D eigenvalue weighted by atomic mass is 16.5. The number of aliphatic hydroxyl groups is 4. The van der Waals surface area contributed by atoms with Crippen molar-refractivity contribution in [2.24, 2.45) is 0 Å². The van der Waals surface area contributed by atoms with Gasteiger partial charge in [-0.15, -0.1) is 0 Å². The Kier molecular flexibility index (Phi) is 48.3. The third-order valence-corrected chi connectivity index (χ3v) is 14.8. The summed E-state index contributed by atoms with van der Waals surface area (Å²) in [6.07, 6.45) is -1.81. The number of nitrogens with zero attached hydrogens (tertiary/aromatic N) is 12. The predicted molar refractivity (Wildman–Crippen MR) is 344 cm³/mol. The van der Waals surface area contributed by atoms with E-state index in [0.29, 0.717) is 79.2 Å². The van der Waals surface area contributed by atoms with Crippen LogP contribution in [0.25, 0.3) is 0 Å². The van der Waals surface area contributed by atoms with E-state index in [9.17, 15) is 53.7 Å². The number of aliphatic hydroxyl groups excluding tert-OH is 4. The molecule has 6 N–H and O–H groups in total. The molecular weight excluding hydrogens is 1290 g/mol. The molecule has 6 heterocycles. The Morgan fingerprint density at radius 2 is 0.784 bits per heavy atom. The molecule has 0 saturated carbocycles. The Morgan fingerprint density at radius 3 is 1.19 bits per heavy atom. The van der Waals surface area contributed by atoms with Crippen LogP contribution >= 0.6 is 0 Å². The first-order valence-electron chi connectivity index (χ1n) is 31.7. The number of fused-ring (bicyclic) bond motifs is 2. The van der Waals surface area contributed by atoms with E-state index >= 15 is 0 Å². The summed E-state index contributed by atoms with van der Waals surface area (Å²) in [5.74, 6) is -0.0828. The molecule has 39 nitrogen and oxygen atoms in total. The van der Waals surface area contributed by atoms with Crippen LogP contribution in [0.2, 0.25) is 0 Å². The molecule has 14 amide bonds. The highest BCUT2D eigenvalue weighted by Gasteiger charge is 2.59. The van der Waals surface area contributed by atoms with Gasteiger partial charge in [-0.3, -0.25) is 48.8 Å². The van der Waals surface area contributed by atoms with E-state index in [1.165, 1.54) is 64.9 Å². The van der Waals surface area contributed by atoms with Gasteiger partial charge in [0, 0.05) is 123 Å². The minimum atomic E-state index is -0.593. The van der Waals surface area contributed by atoms with Gasteiger partial charge in [0.15, 0.2) is 24.8 Å². The number of urea groups is 6. The molecule has 4 atom stereocenters. The van der Waals surface area contributed by atoms with Gasteiger partial charge in [0.1, 0.15) is 79.0 Å². The molecule has 6 rings (SSSR count). The van der Waals surface area contributed by atoms with Crippen LogP contribution < -0.4 is 10.6 Å². The zero-order valence-corrected chi connectivity index (χ0v) is 59.7. The maximum absolute atomic E-state index is 12.5. The van der Waals surface area contributed by atoms with Crippen LogP contribution in [0, 0.1) is 0 Å². The van der Waals surface area contributed by atoms with Gasteiger partial charge in [0.2, 0.25) is 11.8 Å². The third kappa shape index (κ3) is 26.7. The fourth-order valence-electron chi connectivity index (χ4n) is 10.2. The van der Waals surface area contributed by atoms with E-state index < -0.39 is 24.6 Å². The van der Waals surface area contributed by atoms with Crippen LogP contribution in [-0.2, 0) is 71.2 Å². The first kappa shape index (κ1) is 90.6. The summed E-state index contributed by atoms with van der Waals surface area (Å²) in [6.45, 7) is 20.6. The summed E-state index contributed by atoms with van der Waals surface area (Å²) in [5, 5.41) is 41.6. The SMILES string of the molecule is C=O.CCOCCC(=O)NCOCC.CCOCN1C(=O)N(C)C(C)C1OCC.CCOCN1C(=O)N(C)C2C1N(COCC)C(=O)N2C.COCCC(=O)NCOC.COCN1C(=O)N(CCO)C(CO)C1OC.COCN1C(=O)N(CCO)C2C1N(COC)C(=O)N2CCO. The van der Waals surface area contributed by atoms with Gasteiger partial charge < -0.3 is 112 Å². The van der Waals surface area contributed by atoms with Crippen LogP contribution in [0.3, 0.4) is 0 Å². The predicted octanol–water partition coefficient (Wildman–Crippen LogP) is -1.50. The number of rotatable bonds is 37. The second-order valence-corrected chi connectivity index (χ2v) is 20.8. The Bertz CT molecular complexity index is 2090. The maximum Gasteiger partial charge on any atom is 0.325 e. The zero-order chi connectivity index (χ0) is 73.7. The topological polar surface area (TPSA) is 408 Å². The Hall–Kier alpha value is -6.41. The van der Waals surface area contributed by atoms with Crippen LogP contribution in [0.15, 0.2) is 0 Å². The number of β-amino-alcohol motifs (C(OH)–C–C–N with tert-alkyl or cyclic N) is 3. The van der Waals surface area contributed by atoms with Gasteiger partial charge in [0.25, 0.3) is 0 Å². The van der Waals surface area contributed by atoms with Crippen LogP contribution in [0.4, 0.5) is 28.8 Å². The third-order valence-electron chi connectivity index (χ3n) is 14.8. The number of carbonyl (C=O) groups excluding carboxylic acids is 9. The molecule has 0 spiro atoms. The average Bonchev–Trinajstić information content (AvgIpc) is 1.59. The zero-order valence-electron chi connectivity index (χ0n) is 59.7. The molecule has 6 aliphatic heterocycles. The van der Waals surface area contributed by atoms with Gasteiger partial charge in [0.05, 0.1) is 58.5 Å². The average molecular weight is 1410 g/mol. The van der Waals surface area contributed by atoms with Crippen molar-refractivity contribution in [2.45, 2.75) is 111 Å². The standard InChI is InChI=1S/C12H22N4O6.C12H22N4O4.C10H20N2O3.C9H18N2O5.C8H17NO3.C6H13NO3.CH2O/c1-21-7-15-10-9(13(3-5-17)11(15)19)14(4-6-18)12(20)16(10)8-22-2;1-5-19-7-15-10-9(13(3)11(15)17)14(4)12(18)16(10)8-20-6-2;1-5-14-7-12-9(15-6-2)8(3)11(4)10(12)13;1-15-6-11-8(16-2)7(5-13)10(3-4-12)9(11)14;1-3-11-6-5-8(10)9-7-12-4-2;1-9-4-3-6(8)7-5-10-2;1-2/h9-10,17-18H,3-8H2,1-2H3;9-10H,5-8H2,1-4H3;8-9H,5-7H2,1-4H3;7-8,12-13H,3-6H2,1-2H3;3-7H2,1-2H3,(H,9,10);3-5H2,1-2H3,(H,7,8);1H2. The van der Waals surface area contributed by atoms with Crippen molar-refractivity contribution < 1.29 is 120 Å². The summed E-state index contributed by atoms with van der Waals surface area (Å²) in [4.78, 5) is 121. The molecule has 97 heavy (non-hydrogen) atoms. The molecule has 6 aliphatic rings. The lowest BCUT2D eigenvalue weighted by Crippen LogP contribution is -2.48. The Balaban J connectivity index is 0.00000116. The molecule has 4 unspecified atom stereocenters. The molecule has 0 aromatic heterocycles. The van der Waals surface area contributed by atoms with E-state index in [-0.39, 0.29) is 159 Å². The maximum atomic E-state index is 12.5. The number of hydrogen-bond donors (Lipinski definition) is 6. The Labute approximate surface area is 570 Å². The molecular formula is C58H114N14O25. The first-order valence-corrected chi connectivity index (χ1v) is 31.7. The first-order chi connectivity index (χ1) is 46.6. The van der Waals surface area contributed by atoms with Gasteiger partial charge >= 0.3 is 36.2 Å². The molecule has 39 heteroatoms. The molecule has 0 bridgehead atoms. The highest BCUT2D eigenvalue weighted by Crippen LogP contribution is 2.35. The molecule has 0 radical (unpaired) electrons. The van der Waals surface area contributed by atoms with Crippen molar-refractivity contribution >= 4 is 54.8 Å². The minimum Gasteiger partial charge on any atom is -0.395 e. The van der Waals surface area contributed by atoms with Crippen molar-refractivity contribution in [3.63, 3.8) is 0 Å². The molecule has 6 saturated heterocycles. The van der Waals surface area contributed by atoms with Gasteiger partial charge in [-0.25, -0.2) is 28.8 Å². The van der Waals surface area contributed by atoms with Crippen molar-refractivity contribution in [2.75, 3.05) is 217 Å². The second kappa shape index (κ2) is 51.7. The Morgan fingerprint density at radius 1 is 0.412 bits per heavy atom. The second-order valence-electron chi connectivity index (χ2n) is 20.8. The quantitative estimate of drug-likeness (QED) is 0.0304. The van der Waals surface area contributed by atoms with Crippen LogP contribution in [0.5, 0.6) is 0 Å². The van der Waals surface area contributed by atoms with Gasteiger partial charge in [-0.05, 0) is 48.5 Å². The fourth-order valence-corrected chi connectivity index (χ4v) is 10.2. The molecule has 6 fully saturated rings. The van der Waals surface area contributed by atoms with E-state index in [1.807, 2.05) is 55.3 Å². The summed E-state index contributed by atoms with van der Waals surface area (Å²) in [6, 6.07) is -1.69. The van der Waals surface area contributed by atoms with E-state index in [2.05, 4.69) is 15.4 Å². The van der Waals surface area contributed by atoms with Crippen molar-refractivity contribution in [3.05, 3.63) is 0 Å². The number of likely N-dealkylation sites (N-methyl/N-ethyl adjacent to an activating group) is 3. The van der Waals surface area contributed by atoms with Crippen LogP contribution in [0.1, 0.15) is 61.3 Å². The smallest absolute Gasteiger partial charge is 0.325 e. The van der Waals surface area contributed by atoms with Crippen molar-refractivity contribution in [1.29, 1.82) is 0 Å². The van der Waals surface area contributed by atoms with E-state index in [0.717, 1.165) is 0 Å². The number of carbonyl (C=O) groups is 9.